The van der Waals surface area contributed by atoms with E-state index in [-0.39, 0.29) is 11.3 Å². The van der Waals surface area contributed by atoms with Crippen molar-refractivity contribution in [1.82, 2.24) is 5.32 Å². The molecule has 1 aromatic rings. The number of nitrogens with one attached hydrogen (secondary N) is 2. The van der Waals surface area contributed by atoms with E-state index in [9.17, 15) is 4.79 Å². The normalized spacial score (nSPS) is 13.7. The van der Waals surface area contributed by atoms with Crippen LogP contribution in [0.4, 0.5) is 5.69 Å². The van der Waals surface area contributed by atoms with Gasteiger partial charge in [-0.2, -0.15) is 0 Å². The van der Waals surface area contributed by atoms with Crippen molar-refractivity contribution in [3.63, 3.8) is 0 Å². The Morgan fingerprint density at radius 3 is 2.90 bits per heavy atom. The fourth-order valence-corrected chi connectivity index (χ4v) is 2.81. The van der Waals surface area contributed by atoms with Crippen LogP contribution in [-0.4, -0.2) is 19.0 Å². The molecule has 2 rings (SSSR count). The van der Waals surface area contributed by atoms with Crippen LogP contribution >= 0.6 is 0 Å². The Kier molecular flexibility index (Phi) is 5.27. The lowest BCUT2D eigenvalue weighted by Gasteiger charge is -2.25. The summed E-state index contributed by atoms with van der Waals surface area (Å²) in [6, 6.07) is 5.95. The van der Waals surface area contributed by atoms with Gasteiger partial charge in [0.15, 0.2) is 0 Å². The van der Waals surface area contributed by atoms with Crippen LogP contribution in [0.25, 0.3) is 0 Å². The minimum absolute atomic E-state index is 0.0493. The van der Waals surface area contributed by atoms with Gasteiger partial charge in [0.1, 0.15) is 0 Å². The number of hydrogen-bond acceptors (Lipinski definition) is 2. The standard InChI is InChI=1S/C18H28N2O/c1-4-5-6-10-18(2,3)13-20-17(21)15-7-8-16-14(12-15)9-11-19-16/h7-8,12,19H,4-6,9-11,13H2,1-3H3,(H,20,21). The number of rotatable bonds is 7. The molecule has 0 spiro atoms. The highest BCUT2D eigenvalue weighted by Crippen LogP contribution is 2.24. The minimum Gasteiger partial charge on any atom is -0.384 e. The van der Waals surface area contributed by atoms with Crippen molar-refractivity contribution >= 4 is 11.6 Å². The van der Waals surface area contributed by atoms with E-state index < -0.39 is 0 Å². The monoisotopic (exact) mass is 288 g/mol. The molecule has 3 heteroatoms. The van der Waals surface area contributed by atoms with E-state index in [4.69, 9.17) is 0 Å². The predicted octanol–water partition coefficient (Wildman–Crippen LogP) is 3.99. The number of hydrogen-bond donors (Lipinski definition) is 2. The lowest BCUT2D eigenvalue weighted by Crippen LogP contribution is -2.34. The van der Waals surface area contributed by atoms with Gasteiger partial charge in [-0.15, -0.1) is 0 Å². The molecule has 0 atom stereocenters. The van der Waals surface area contributed by atoms with Crippen LogP contribution in [0.15, 0.2) is 18.2 Å². The summed E-state index contributed by atoms with van der Waals surface area (Å²) in [5.74, 6) is 0.0493. The maximum Gasteiger partial charge on any atom is 0.251 e. The number of carbonyl (C=O) groups is 1. The largest absolute Gasteiger partial charge is 0.384 e. The maximum absolute atomic E-state index is 12.3. The third-order valence-corrected chi connectivity index (χ3v) is 4.26. The summed E-state index contributed by atoms with van der Waals surface area (Å²) in [5, 5.41) is 6.42. The zero-order chi connectivity index (χ0) is 15.3. The minimum atomic E-state index is 0.0493. The highest BCUT2D eigenvalue weighted by atomic mass is 16.1. The molecule has 3 nitrogen and oxygen atoms in total. The first-order valence-electron chi connectivity index (χ1n) is 8.17. The van der Waals surface area contributed by atoms with Gasteiger partial charge in [0, 0.05) is 24.3 Å². The van der Waals surface area contributed by atoms with Gasteiger partial charge in [-0.05, 0) is 42.0 Å². The highest BCUT2D eigenvalue weighted by molar-refractivity contribution is 5.95. The van der Waals surface area contributed by atoms with E-state index in [1.807, 2.05) is 18.2 Å². The van der Waals surface area contributed by atoms with Crippen molar-refractivity contribution in [3.05, 3.63) is 29.3 Å². The third kappa shape index (κ3) is 4.48. The summed E-state index contributed by atoms with van der Waals surface area (Å²) in [7, 11) is 0. The summed E-state index contributed by atoms with van der Waals surface area (Å²) < 4.78 is 0. The fraction of sp³-hybridized carbons (Fsp3) is 0.611. The van der Waals surface area contributed by atoms with Gasteiger partial charge in [0.2, 0.25) is 0 Å². The van der Waals surface area contributed by atoms with Gasteiger partial charge in [0.05, 0.1) is 0 Å². The average Bonchev–Trinajstić information content (AvgIpc) is 2.92. The second-order valence-electron chi connectivity index (χ2n) is 6.85. The Bertz CT molecular complexity index is 494. The summed E-state index contributed by atoms with van der Waals surface area (Å²) in [6.45, 7) is 8.40. The van der Waals surface area contributed by atoms with E-state index >= 15 is 0 Å². The summed E-state index contributed by atoms with van der Waals surface area (Å²) in [5.41, 5.74) is 3.38. The van der Waals surface area contributed by atoms with Crippen LogP contribution in [0, 0.1) is 5.41 Å². The average molecular weight is 288 g/mol. The molecule has 2 N–H and O–H groups in total. The van der Waals surface area contributed by atoms with Crippen LogP contribution < -0.4 is 10.6 Å². The number of amides is 1. The Hall–Kier alpha value is -1.51. The van der Waals surface area contributed by atoms with Gasteiger partial charge >= 0.3 is 0 Å². The first-order valence-corrected chi connectivity index (χ1v) is 8.17. The molecule has 0 aliphatic carbocycles. The van der Waals surface area contributed by atoms with E-state index in [1.54, 1.807) is 0 Å². The number of benzene rings is 1. The van der Waals surface area contributed by atoms with Gasteiger partial charge in [0.25, 0.3) is 5.91 Å². The van der Waals surface area contributed by atoms with Crippen molar-refractivity contribution in [2.45, 2.75) is 52.9 Å². The molecule has 0 saturated heterocycles. The molecule has 0 radical (unpaired) electrons. The highest BCUT2D eigenvalue weighted by Gasteiger charge is 2.19. The lowest BCUT2D eigenvalue weighted by atomic mass is 9.87. The Labute approximate surface area is 128 Å². The van der Waals surface area contributed by atoms with Crippen molar-refractivity contribution in [1.29, 1.82) is 0 Å². The molecular formula is C18H28N2O. The molecule has 0 fully saturated rings. The van der Waals surface area contributed by atoms with Crippen LogP contribution in [0.2, 0.25) is 0 Å². The Morgan fingerprint density at radius 2 is 2.14 bits per heavy atom. The third-order valence-electron chi connectivity index (χ3n) is 4.26. The van der Waals surface area contributed by atoms with Gasteiger partial charge in [-0.1, -0.05) is 40.0 Å². The molecule has 1 heterocycles. The fourth-order valence-electron chi connectivity index (χ4n) is 2.81. The van der Waals surface area contributed by atoms with E-state index in [0.29, 0.717) is 0 Å². The molecule has 1 aliphatic heterocycles. The smallest absolute Gasteiger partial charge is 0.251 e. The zero-order valence-corrected chi connectivity index (χ0v) is 13.6. The molecule has 0 aromatic heterocycles. The molecule has 0 bridgehead atoms. The number of carbonyl (C=O) groups excluding carboxylic acids is 1. The molecule has 0 unspecified atom stereocenters. The van der Waals surface area contributed by atoms with E-state index in [1.165, 1.54) is 30.5 Å². The quantitative estimate of drug-likeness (QED) is 0.745. The van der Waals surface area contributed by atoms with Crippen molar-refractivity contribution in [2.24, 2.45) is 5.41 Å². The molecule has 1 amide bonds. The molecular weight excluding hydrogens is 260 g/mol. The molecule has 1 aromatic carbocycles. The SMILES string of the molecule is CCCCCC(C)(C)CNC(=O)c1ccc2c(c1)CCN2. The predicted molar refractivity (Wildman–Crippen MR) is 88.9 cm³/mol. The first kappa shape index (κ1) is 15.9. The van der Waals surface area contributed by atoms with Gasteiger partial charge in [-0.3, -0.25) is 4.79 Å². The second kappa shape index (κ2) is 6.97. The Balaban J connectivity index is 1.86. The van der Waals surface area contributed by atoms with Gasteiger partial charge < -0.3 is 10.6 Å². The van der Waals surface area contributed by atoms with Crippen LogP contribution in [0.1, 0.15) is 62.4 Å². The van der Waals surface area contributed by atoms with E-state index in [2.05, 4.69) is 31.4 Å². The zero-order valence-electron chi connectivity index (χ0n) is 13.6. The second-order valence-corrected chi connectivity index (χ2v) is 6.85. The molecule has 116 valence electrons. The summed E-state index contributed by atoms with van der Waals surface area (Å²) >= 11 is 0. The van der Waals surface area contributed by atoms with Crippen molar-refractivity contribution in [3.8, 4) is 0 Å². The number of unbranched alkanes of at least 4 members (excludes halogenated alkanes) is 2. The van der Waals surface area contributed by atoms with Crippen LogP contribution in [0.5, 0.6) is 0 Å². The lowest BCUT2D eigenvalue weighted by molar-refractivity contribution is 0.0934. The summed E-state index contributed by atoms with van der Waals surface area (Å²) in [4.78, 5) is 12.3. The van der Waals surface area contributed by atoms with Crippen molar-refractivity contribution in [2.75, 3.05) is 18.4 Å². The Morgan fingerprint density at radius 1 is 1.33 bits per heavy atom. The van der Waals surface area contributed by atoms with E-state index in [0.717, 1.165) is 31.5 Å². The van der Waals surface area contributed by atoms with Crippen LogP contribution in [-0.2, 0) is 6.42 Å². The molecule has 0 saturated carbocycles. The number of fused-ring (bicyclic) bond motifs is 1. The number of anilines is 1. The van der Waals surface area contributed by atoms with Crippen molar-refractivity contribution < 1.29 is 4.79 Å². The van der Waals surface area contributed by atoms with Gasteiger partial charge in [-0.25, -0.2) is 0 Å². The van der Waals surface area contributed by atoms with Crippen LogP contribution in [0.3, 0.4) is 0 Å². The maximum atomic E-state index is 12.3. The molecule has 1 aliphatic rings. The molecule has 21 heavy (non-hydrogen) atoms. The summed E-state index contributed by atoms with van der Waals surface area (Å²) in [6.07, 6.45) is 5.93. The topological polar surface area (TPSA) is 41.1 Å². The first-order chi connectivity index (χ1) is 10.0.